The lowest BCUT2D eigenvalue weighted by Crippen LogP contribution is -2.41. The predicted octanol–water partition coefficient (Wildman–Crippen LogP) is 5.97. The maximum absolute atomic E-state index is 13.0. The molecule has 2 aliphatic rings. The van der Waals surface area contributed by atoms with E-state index in [2.05, 4.69) is 25.9 Å². The van der Waals surface area contributed by atoms with E-state index >= 15 is 0 Å². The normalized spacial score (nSPS) is 16.8. The molecule has 1 saturated carbocycles. The van der Waals surface area contributed by atoms with Crippen LogP contribution in [0.3, 0.4) is 0 Å². The highest BCUT2D eigenvalue weighted by molar-refractivity contribution is 5.97. The second-order valence-corrected chi connectivity index (χ2v) is 12.6. The van der Waals surface area contributed by atoms with E-state index in [0.717, 1.165) is 75.5 Å². The average molecular weight is 562 g/mol. The Balaban J connectivity index is 1.19. The van der Waals surface area contributed by atoms with E-state index in [4.69, 9.17) is 9.72 Å². The number of nitrogens with zero attached hydrogens (tertiary/aromatic N) is 6. The molecule has 4 heterocycles. The van der Waals surface area contributed by atoms with Crippen molar-refractivity contribution in [1.29, 1.82) is 0 Å². The van der Waals surface area contributed by atoms with Crippen LogP contribution in [0.1, 0.15) is 87.8 Å². The number of aryl methyl sites for hydroxylation is 1. The summed E-state index contributed by atoms with van der Waals surface area (Å²) in [6.07, 6.45) is 11.9. The number of amides is 2. The zero-order valence-electron chi connectivity index (χ0n) is 25.0. The van der Waals surface area contributed by atoms with Gasteiger partial charge in [0, 0.05) is 51.0 Å². The van der Waals surface area contributed by atoms with Crippen LogP contribution < -0.4 is 5.32 Å². The van der Waals surface area contributed by atoms with Crippen molar-refractivity contribution in [3.63, 3.8) is 0 Å². The van der Waals surface area contributed by atoms with Crippen molar-refractivity contribution >= 4 is 34.8 Å². The Bertz CT molecular complexity index is 1360. The van der Waals surface area contributed by atoms with Gasteiger partial charge in [-0.15, -0.1) is 0 Å². The van der Waals surface area contributed by atoms with Crippen LogP contribution in [-0.2, 0) is 11.2 Å². The third-order valence-corrected chi connectivity index (χ3v) is 8.06. The van der Waals surface area contributed by atoms with Crippen molar-refractivity contribution in [1.82, 2.24) is 29.3 Å². The molecule has 2 amide bonds. The van der Waals surface area contributed by atoms with Gasteiger partial charge in [0.05, 0.1) is 0 Å². The lowest BCUT2D eigenvalue weighted by atomic mass is 9.91. The molecule has 3 aromatic heterocycles. The predicted molar refractivity (Wildman–Crippen MR) is 159 cm³/mol. The number of aromatic nitrogens is 4. The van der Waals surface area contributed by atoms with Crippen molar-refractivity contribution < 1.29 is 14.3 Å². The molecule has 0 unspecified atom stereocenters. The summed E-state index contributed by atoms with van der Waals surface area (Å²) in [7, 11) is 3.56. The van der Waals surface area contributed by atoms with Crippen LogP contribution in [0.15, 0.2) is 30.6 Å². The Labute approximate surface area is 242 Å². The molecule has 10 heteroatoms. The highest BCUT2D eigenvalue weighted by Crippen LogP contribution is 2.35. The number of rotatable bonds is 7. The van der Waals surface area contributed by atoms with Gasteiger partial charge in [-0.2, -0.15) is 4.98 Å². The lowest BCUT2D eigenvalue weighted by molar-refractivity contribution is 0.0181. The van der Waals surface area contributed by atoms with Crippen molar-refractivity contribution in [2.75, 3.05) is 32.5 Å². The summed E-state index contributed by atoms with van der Waals surface area (Å²) in [4.78, 5) is 42.7. The van der Waals surface area contributed by atoms with E-state index in [0.29, 0.717) is 23.4 Å². The Morgan fingerprint density at radius 1 is 1.05 bits per heavy atom. The van der Waals surface area contributed by atoms with E-state index in [1.54, 1.807) is 25.2 Å². The van der Waals surface area contributed by atoms with Crippen LogP contribution in [0, 0.1) is 5.92 Å². The minimum atomic E-state index is -0.461. The molecule has 2 fully saturated rings. The summed E-state index contributed by atoms with van der Waals surface area (Å²) in [5.41, 5.74) is 2.18. The van der Waals surface area contributed by atoms with Gasteiger partial charge in [-0.1, -0.05) is 18.9 Å². The second kappa shape index (κ2) is 12.0. The van der Waals surface area contributed by atoms with E-state index in [9.17, 15) is 9.59 Å². The Morgan fingerprint density at radius 3 is 2.41 bits per heavy atom. The Hall–Kier alpha value is -3.69. The van der Waals surface area contributed by atoms with Crippen LogP contribution >= 0.6 is 0 Å². The maximum Gasteiger partial charge on any atom is 0.410 e. The fourth-order valence-electron chi connectivity index (χ4n) is 5.86. The quantitative estimate of drug-likeness (QED) is 0.379. The third-order valence-electron chi connectivity index (χ3n) is 8.06. The summed E-state index contributed by atoms with van der Waals surface area (Å²) in [6.45, 7) is 7.20. The monoisotopic (exact) mass is 561 g/mol. The first-order chi connectivity index (χ1) is 19.6. The van der Waals surface area contributed by atoms with Gasteiger partial charge in [0.25, 0.3) is 5.91 Å². The first-order valence-electron chi connectivity index (χ1n) is 14.9. The number of ether oxygens (including phenoxy) is 1. The molecule has 0 aromatic carbocycles. The fourth-order valence-corrected chi connectivity index (χ4v) is 5.86. The van der Waals surface area contributed by atoms with Gasteiger partial charge in [-0.05, 0) is 82.9 Å². The highest BCUT2D eigenvalue weighted by atomic mass is 16.6. The minimum Gasteiger partial charge on any atom is -0.444 e. The molecular weight excluding hydrogens is 518 g/mol. The summed E-state index contributed by atoms with van der Waals surface area (Å²) in [6, 6.07) is 6.24. The summed E-state index contributed by atoms with van der Waals surface area (Å²) in [5, 5.41) is 4.12. The molecule has 0 radical (unpaired) electrons. The number of pyridine rings is 1. The van der Waals surface area contributed by atoms with Gasteiger partial charge in [0.2, 0.25) is 5.95 Å². The first-order valence-corrected chi connectivity index (χ1v) is 14.9. The standard InChI is InChI=1S/C31H43N7O3/c1-31(2,3)41-30(40)37-16-14-21(15-17-37)10-11-22-12-13-26(32-19-22)34-29-33-20-23-18-25(28(39)36(4)5)38(27(23)35-29)24-8-6-7-9-24/h12-13,18-21,24H,6-11,14-17H2,1-5H3,(H,32,33,34,35). The van der Waals surface area contributed by atoms with Crippen LogP contribution in [0.5, 0.6) is 0 Å². The number of hydrogen-bond acceptors (Lipinski definition) is 7. The van der Waals surface area contributed by atoms with Crippen LogP contribution in [-0.4, -0.2) is 74.1 Å². The molecule has 0 bridgehead atoms. The summed E-state index contributed by atoms with van der Waals surface area (Å²) in [5.74, 6) is 1.72. The molecule has 41 heavy (non-hydrogen) atoms. The van der Waals surface area contributed by atoms with Crippen molar-refractivity contribution in [2.45, 2.75) is 83.8 Å². The molecule has 0 spiro atoms. The van der Waals surface area contributed by atoms with E-state index in [1.165, 1.54) is 5.56 Å². The molecule has 10 nitrogen and oxygen atoms in total. The maximum atomic E-state index is 13.0. The molecule has 1 N–H and O–H groups in total. The molecule has 1 aliphatic heterocycles. The molecule has 3 aromatic rings. The number of hydrogen-bond donors (Lipinski definition) is 1. The topological polar surface area (TPSA) is 105 Å². The summed E-state index contributed by atoms with van der Waals surface area (Å²) < 4.78 is 7.63. The van der Waals surface area contributed by atoms with Crippen molar-refractivity contribution in [3.8, 4) is 0 Å². The zero-order chi connectivity index (χ0) is 29.1. The first kappa shape index (κ1) is 28.8. The molecule has 1 aliphatic carbocycles. The summed E-state index contributed by atoms with van der Waals surface area (Å²) >= 11 is 0. The fraction of sp³-hybridized carbons (Fsp3) is 0.581. The minimum absolute atomic E-state index is 0.0183. The number of piperidine rings is 1. The smallest absolute Gasteiger partial charge is 0.410 e. The van der Waals surface area contributed by atoms with Gasteiger partial charge in [0.1, 0.15) is 22.8 Å². The second-order valence-electron chi connectivity index (χ2n) is 12.6. The van der Waals surface area contributed by atoms with Gasteiger partial charge in [-0.25, -0.2) is 14.8 Å². The van der Waals surface area contributed by atoms with Crippen LogP contribution in [0.25, 0.3) is 11.0 Å². The van der Waals surface area contributed by atoms with Gasteiger partial charge in [0.15, 0.2) is 0 Å². The number of nitrogens with one attached hydrogen (secondary N) is 1. The van der Waals surface area contributed by atoms with Crippen molar-refractivity contribution in [3.05, 3.63) is 41.9 Å². The average Bonchev–Trinajstić information content (AvgIpc) is 3.59. The highest BCUT2D eigenvalue weighted by Gasteiger charge is 2.28. The molecule has 1 saturated heterocycles. The Kier molecular flexibility index (Phi) is 8.47. The van der Waals surface area contributed by atoms with Crippen molar-refractivity contribution in [2.24, 2.45) is 5.92 Å². The number of anilines is 2. The van der Waals surface area contributed by atoms with Gasteiger partial charge >= 0.3 is 6.09 Å². The van der Waals surface area contributed by atoms with Gasteiger partial charge < -0.3 is 24.4 Å². The zero-order valence-corrected chi connectivity index (χ0v) is 25.0. The molecule has 5 rings (SSSR count). The molecule has 220 valence electrons. The van der Waals surface area contributed by atoms with E-state index in [-0.39, 0.29) is 18.0 Å². The molecule has 0 atom stereocenters. The van der Waals surface area contributed by atoms with E-state index < -0.39 is 5.60 Å². The number of likely N-dealkylation sites (tertiary alicyclic amines) is 1. The van der Waals surface area contributed by atoms with Crippen LogP contribution in [0.4, 0.5) is 16.6 Å². The van der Waals surface area contributed by atoms with Gasteiger partial charge in [-0.3, -0.25) is 4.79 Å². The lowest BCUT2D eigenvalue weighted by Gasteiger charge is -2.33. The SMILES string of the molecule is CN(C)C(=O)c1cc2cnc(Nc3ccc(CCC4CCN(C(=O)OC(C)(C)C)CC4)cn3)nc2n1C1CCCC1. The van der Waals surface area contributed by atoms with Crippen LogP contribution in [0.2, 0.25) is 0 Å². The number of carbonyl (C=O) groups is 2. The third kappa shape index (κ3) is 6.97. The van der Waals surface area contributed by atoms with E-state index in [1.807, 2.05) is 44.0 Å². The number of carbonyl (C=O) groups excluding carboxylic acids is 2. The largest absolute Gasteiger partial charge is 0.444 e. The molecular formula is C31H43N7O3. The number of fused-ring (bicyclic) bond motifs is 1. The Morgan fingerprint density at radius 2 is 1.78 bits per heavy atom.